The van der Waals surface area contributed by atoms with Crippen molar-refractivity contribution in [2.24, 2.45) is 28.6 Å². The average Bonchev–Trinajstić information content (AvgIpc) is 2.34. The molecule has 0 unspecified atom stereocenters. The number of hydrogen-bond acceptors (Lipinski definition) is 2. The quantitative estimate of drug-likeness (QED) is 0.819. The molecule has 0 spiro atoms. The van der Waals surface area contributed by atoms with E-state index in [1.165, 1.54) is 38.5 Å². The third-order valence-corrected chi connectivity index (χ3v) is 6.01. The van der Waals surface area contributed by atoms with Gasteiger partial charge in [0.25, 0.3) is 0 Å². The molecule has 0 heterocycles. The molecular weight excluding hydrogens is 266 g/mol. The Labute approximate surface area is 126 Å². The van der Waals surface area contributed by atoms with Crippen molar-refractivity contribution in [3.05, 3.63) is 0 Å². The van der Waals surface area contributed by atoms with Crippen molar-refractivity contribution in [1.82, 2.24) is 5.32 Å². The second-order valence-electron chi connectivity index (χ2n) is 8.56. The molecule has 0 radical (unpaired) electrons. The minimum Gasteiger partial charge on any atom is -0.481 e. The molecular formula is C17H27NO3. The largest absolute Gasteiger partial charge is 0.481 e. The Hall–Kier alpha value is -1.06. The van der Waals surface area contributed by atoms with Crippen LogP contribution in [0.4, 0.5) is 0 Å². The summed E-state index contributed by atoms with van der Waals surface area (Å²) in [6, 6.07) is 0. The highest BCUT2D eigenvalue weighted by Gasteiger charge is 2.50. The van der Waals surface area contributed by atoms with E-state index in [0.717, 1.165) is 24.3 Å². The zero-order valence-electron chi connectivity index (χ0n) is 13.2. The van der Waals surface area contributed by atoms with Gasteiger partial charge in [0.2, 0.25) is 5.91 Å². The molecule has 4 saturated carbocycles. The molecule has 0 aliphatic heterocycles. The Morgan fingerprint density at radius 3 is 2.00 bits per heavy atom. The fraction of sp³-hybridized carbons (Fsp3) is 0.882. The van der Waals surface area contributed by atoms with E-state index in [2.05, 4.69) is 5.32 Å². The van der Waals surface area contributed by atoms with E-state index < -0.39 is 11.4 Å². The molecule has 4 bridgehead atoms. The highest BCUT2D eigenvalue weighted by atomic mass is 16.4. The van der Waals surface area contributed by atoms with Gasteiger partial charge in [0.05, 0.1) is 5.41 Å². The van der Waals surface area contributed by atoms with Gasteiger partial charge in [-0.15, -0.1) is 0 Å². The van der Waals surface area contributed by atoms with Gasteiger partial charge in [-0.05, 0) is 75.5 Å². The van der Waals surface area contributed by atoms with Gasteiger partial charge >= 0.3 is 5.97 Å². The monoisotopic (exact) mass is 293 g/mol. The Morgan fingerprint density at radius 2 is 1.57 bits per heavy atom. The van der Waals surface area contributed by atoms with Gasteiger partial charge in [0, 0.05) is 13.0 Å². The van der Waals surface area contributed by atoms with Crippen LogP contribution in [0.1, 0.15) is 58.8 Å². The lowest BCUT2D eigenvalue weighted by Gasteiger charge is -2.57. The lowest BCUT2D eigenvalue weighted by atomic mass is 9.49. The number of carbonyl (C=O) groups is 2. The van der Waals surface area contributed by atoms with Gasteiger partial charge in [-0.25, -0.2) is 0 Å². The average molecular weight is 293 g/mol. The van der Waals surface area contributed by atoms with Crippen LogP contribution in [0.15, 0.2) is 0 Å². The number of carboxylic acids is 1. The molecule has 4 rings (SSSR count). The van der Waals surface area contributed by atoms with Crippen LogP contribution in [0.25, 0.3) is 0 Å². The normalized spacial score (nSPS) is 37.5. The van der Waals surface area contributed by atoms with Gasteiger partial charge in [0.1, 0.15) is 0 Å². The molecule has 4 heteroatoms. The minimum absolute atomic E-state index is 0.0642. The molecule has 0 aromatic heterocycles. The molecule has 0 saturated heterocycles. The summed E-state index contributed by atoms with van der Waals surface area (Å²) in [5.41, 5.74) is -0.663. The maximum Gasteiger partial charge on any atom is 0.309 e. The van der Waals surface area contributed by atoms with Crippen molar-refractivity contribution < 1.29 is 14.7 Å². The maximum absolute atomic E-state index is 12.1. The molecule has 4 aliphatic carbocycles. The number of nitrogens with one attached hydrogen (secondary N) is 1. The van der Waals surface area contributed by atoms with Crippen molar-refractivity contribution >= 4 is 11.9 Å². The molecule has 21 heavy (non-hydrogen) atoms. The first-order valence-electron chi connectivity index (χ1n) is 8.28. The third-order valence-electron chi connectivity index (χ3n) is 6.01. The van der Waals surface area contributed by atoms with Crippen LogP contribution in [0.2, 0.25) is 0 Å². The predicted octanol–water partition coefficient (Wildman–Crippen LogP) is 2.82. The minimum atomic E-state index is -0.981. The number of rotatable bonds is 5. The van der Waals surface area contributed by atoms with Crippen LogP contribution < -0.4 is 5.32 Å². The first-order valence-corrected chi connectivity index (χ1v) is 8.28. The summed E-state index contributed by atoms with van der Waals surface area (Å²) in [5.74, 6) is 1.61. The summed E-state index contributed by atoms with van der Waals surface area (Å²) in [4.78, 5) is 23.2. The summed E-state index contributed by atoms with van der Waals surface area (Å²) < 4.78 is 0. The van der Waals surface area contributed by atoms with E-state index in [-0.39, 0.29) is 12.3 Å². The van der Waals surface area contributed by atoms with E-state index in [1.54, 1.807) is 13.8 Å². The van der Waals surface area contributed by atoms with Gasteiger partial charge in [-0.2, -0.15) is 0 Å². The zero-order chi connectivity index (χ0) is 15.3. The number of carboxylic acid groups (broad SMARTS) is 1. The summed E-state index contributed by atoms with van der Waals surface area (Å²) in [6.45, 7) is 3.98. The molecule has 0 aromatic carbocycles. The molecule has 0 atom stereocenters. The first-order chi connectivity index (χ1) is 9.78. The van der Waals surface area contributed by atoms with E-state index in [0.29, 0.717) is 5.41 Å². The summed E-state index contributed by atoms with van der Waals surface area (Å²) >= 11 is 0. The summed E-state index contributed by atoms with van der Waals surface area (Å²) in [5, 5.41) is 12.2. The van der Waals surface area contributed by atoms with Crippen LogP contribution in [-0.4, -0.2) is 23.5 Å². The van der Waals surface area contributed by atoms with Crippen LogP contribution in [-0.2, 0) is 9.59 Å². The van der Waals surface area contributed by atoms with Crippen LogP contribution in [0.5, 0.6) is 0 Å². The fourth-order valence-electron chi connectivity index (χ4n) is 5.33. The molecule has 118 valence electrons. The van der Waals surface area contributed by atoms with E-state index >= 15 is 0 Å². The number of aliphatic carboxylic acids is 1. The SMILES string of the molecule is CC(C)(CC(=O)NCC12CC3CC(CC(C3)C1)C2)C(=O)O. The van der Waals surface area contributed by atoms with Gasteiger partial charge < -0.3 is 10.4 Å². The van der Waals surface area contributed by atoms with E-state index in [4.69, 9.17) is 5.11 Å². The number of amides is 1. The predicted molar refractivity (Wildman–Crippen MR) is 79.6 cm³/mol. The molecule has 1 amide bonds. The first kappa shape index (κ1) is 14.9. The van der Waals surface area contributed by atoms with Gasteiger partial charge in [-0.3, -0.25) is 9.59 Å². The standard InChI is InChI=1S/C17H27NO3/c1-16(2,15(20)21)9-14(19)18-10-17-6-11-3-12(7-17)5-13(4-11)8-17/h11-13H,3-10H2,1-2H3,(H,18,19)(H,20,21). The van der Waals surface area contributed by atoms with Crippen LogP contribution >= 0.6 is 0 Å². The Morgan fingerprint density at radius 1 is 1.10 bits per heavy atom. The van der Waals surface area contributed by atoms with E-state index in [1.807, 2.05) is 0 Å². The second-order valence-corrected chi connectivity index (χ2v) is 8.56. The van der Waals surface area contributed by atoms with Crippen LogP contribution in [0, 0.1) is 28.6 Å². The lowest BCUT2D eigenvalue weighted by molar-refractivity contribution is -0.149. The molecule has 0 aromatic rings. The Balaban J connectivity index is 1.56. The number of hydrogen-bond donors (Lipinski definition) is 2. The van der Waals surface area contributed by atoms with Crippen molar-refractivity contribution in [2.75, 3.05) is 6.54 Å². The van der Waals surface area contributed by atoms with Gasteiger partial charge in [0.15, 0.2) is 0 Å². The highest BCUT2D eigenvalue weighted by Crippen LogP contribution is 2.59. The molecule has 2 N–H and O–H groups in total. The molecule has 4 fully saturated rings. The van der Waals surface area contributed by atoms with Crippen LogP contribution in [0.3, 0.4) is 0 Å². The van der Waals surface area contributed by atoms with Crippen molar-refractivity contribution in [3.8, 4) is 0 Å². The Kier molecular flexibility index (Phi) is 3.53. The second kappa shape index (κ2) is 4.99. The molecule has 4 aliphatic rings. The molecule has 4 nitrogen and oxygen atoms in total. The third kappa shape index (κ3) is 2.95. The Bertz CT molecular complexity index is 420. The fourth-order valence-corrected chi connectivity index (χ4v) is 5.33. The smallest absolute Gasteiger partial charge is 0.309 e. The van der Waals surface area contributed by atoms with Crippen molar-refractivity contribution in [1.29, 1.82) is 0 Å². The summed E-state index contributed by atoms with van der Waals surface area (Å²) in [7, 11) is 0. The topological polar surface area (TPSA) is 66.4 Å². The zero-order valence-corrected chi connectivity index (χ0v) is 13.2. The van der Waals surface area contributed by atoms with Gasteiger partial charge in [-0.1, -0.05) is 0 Å². The van der Waals surface area contributed by atoms with Crippen molar-refractivity contribution in [3.63, 3.8) is 0 Å². The van der Waals surface area contributed by atoms with Crippen molar-refractivity contribution in [2.45, 2.75) is 58.8 Å². The maximum atomic E-state index is 12.1. The summed E-state index contributed by atoms with van der Waals surface area (Å²) in [6.07, 6.45) is 8.07. The highest BCUT2D eigenvalue weighted by molar-refractivity contribution is 5.84. The lowest BCUT2D eigenvalue weighted by Crippen LogP contribution is -2.51. The van der Waals surface area contributed by atoms with E-state index in [9.17, 15) is 9.59 Å². The number of carbonyl (C=O) groups excluding carboxylic acids is 1.